The predicted octanol–water partition coefficient (Wildman–Crippen LogP) is 4.02. The highest BCUT2D eigenvalue weighted by molar-refractivity contribution is 6.30. The van der Waals surface area contributed by atoms with Crippen LogP contribution in [0.2, 0.25) is 5.02 Å². The number of hydrogen-bond acceptors (Lipinski definition) is 2. The maximum atomic E-state index is 6.03. The number of methoxy groups -OCH3 is 1. The van der Waals surface area contributed by atoms with Crippen LogP contribution in [0.4, 0.5) is 0 Å². The topological polar surface area (TPSA) is 21.3 Å². The summed E-state index contributed by atoms with van der Waals surface area (Å²) in [6.45, 7) is 3.11. The van der Waals surface area contributed by atoms with Crippen LogP contribution in [0.5, 0.6) is 5.75 Å². The SMILES string of the molecule is COc1ccc(Cl)cc1CN[C@H](C)C1CCCC1. The Kier molecular flexibility index (Phi) is 4.90. The van der Waals surface area contributed by atoms with Gasteiger partial charge in [0.15, 0.2) is 0 Å². The second kappa shape index (κ2) is 6.44. The highest BCUT2D eigenvalue weighted by Crippen LogP contribution is 2.28. The van der Waals surface area contributed by atoms with Crippen LogP contribution in [-0.2, 0) is 6.54 Å². The molecule has 3 heteroatoms. The molecule has 0 aliphatic heterocycles. The summed E-state index contributed by atoms with van der Waals surface area (Å²) in [5, 5.41) is 4.37. The third-order valence-electron chi connectivity index (χ3n) is 3.96. The minimum atomic E-state index is 0.566. The Labute approximate surface area is 115 Å². The molecule has 0 aromatic heterocycles. The Morgan fingerprint density at radius 2 is 2.11 bits per heavy atom. The summed E-state index contributed by atoms with van der Waals surface area (Å²) in [6.07, 6.45) is 5.50. The fraction of sp³-hybridized carbons (Fsp3) is 0.600. The van der Waals surface area contributed by atoms with Crippen molar-refractivity contribution in [2.75, 3.05) is 7.11 Å². The lowest BCUT2D eigenvalue weighted by atomic mass is 9.99. The van der Waals surface area contributed by atoms with E-state index in [9.17, 15) is 0 Å². The molecule has 1 aliphatic carbocycles. The number of hydrogen-bond donors (Lipinski definition) is 1. The molecule has 1 N–H and O–H groups in total. The van der Waals surface area contributed by atoms with Crippen molar-refractivity contribution in [3.05, 3.63) is 28.8 Å². The van der Waals surface area contributed by atoms with E-state index in [2.05, 4.69) is 12.2 Å². The van der Waals surface area contributed by atoms with E-state index in [0.29, 0.717) is 6.04 Å². The highest BCUT2D eigenvalue weighted by atomic mass is 35.5. The zero-order valence-corrected chi connectivity index (χ0v) is 12.0. The lowest BCUT2D eigenvalue weighted by molar-refractivity contribution is 0.371. The molecule has 0 spiro atoms. The van der Waals surface area contributed by atoms with Crippen LogP contribution >= 0.6 is 11.6 Å². The van der Waals surface area contributed by atoms with Crippen molar-refractivity contribution in [2.24, 2.45) is 5.92 Å². The molecular formula is C15H22ClNO. The van der Waals surface area contributed by atoms with Gasteiger partial charge in [-0.25, -0.2) is 0 Å². The first kappa shape index (κ1) is 13.7. The summed E-state index contributed by atoms with van der Waals surface area (Å²) >= 11 is 6.03. The molecule has 1 aliphatic rings. The van der Waals surface area contributed by atoms with Crippen molar-refractivity contribution in [2.45, 2.75) is 45.2 Å². The molecule has 100 valence electrons. The monoisotopic (exact) mass is 267 g/mol. The number of ether oxygens (including phenoxy) is 1. The summed E-state index contributed by atoms with van der Waals surface area (Å²) < 4.78 is 5.36. The smallest absolute Gasteiger partial charge is 0.123 e. The Morgan fingerprint density at radius 3 is 2.78 bits per heavy atom. The number of benzene rings is 1. The first-order valence-electron chi connectivity index (χ1n) is 6.76. The van der Waals surface area contributed by atoms with Gasteiger partial charge in [0.2, 0.25) is 0 Å². The summed E-state index contributed by atoms with van der Waals surface area (Å²) in [7, 11) is 1.70. The fourth-order valence-corrected chi connectivity index (χ4v) is 2.98. The second-order valence-electron chi connectivity index (χ2n) is 5.17. The van der Waals surface area contributed by atoms with E-state index in [1.165, 1.54) is 25.7 Å². The lowest BCUT2D eigenvalue weighted by Crippen LogP contribution is -2.31. The molecule has 1 saturated carbocycles. The Hall–Kier alpha value is -0.730. The zero-order chi connectivity index (χ0) is 13.0. The third-order valence-corrected chi connectivity index (χ3v) is 4.20. The largest absolute Gasteiger partial charge is 0.496 e. The van der Waals surface area contributed by atoms with Gasteiger partial charge < -0.3 is 10.1 Å². The summed E-state index contributed by atoms with van der Waals surface area (Å²) in [6, 6.07) is 6.34. The first-order chi connectivity index (χ1) is 8.70. The average Bonchev–Trinajstić information content (AvgIpc) is 2.90. The maximum Gasteiger partial charge on any atom is 0.123 e. The molecular weight excluding hydrogens is 246 g/mol. The van der Waals surface area contributed by atoms with E-state index in [4.69, 9.17) is 16.3 Å². The molecule has 1 aromatic rings. The summed E-state index contributed by atoms with van der Waals surface area (Å²) in [4.78, 5) is 0. The van der Waals surface area contributed by atoms with Crippen molar-refractivity contribution in [1.29, 1.82) is 0 Å². The molecule has 0 amide bonds. The van der Waals surface area contributed by atoms with Gasteiger partial charge in [0.05, 0.1) is 7.11 Å². The van der Waals surface area contributed by atoms with Gasteiger partial charge in [-0.2, -0.15) is 0 Å². The molecule has 0 saturated heterocycles. The highest BCUT2D eigenvalue weighted by Gasteiger charge is 2.21. The quantitative estimate of drug-likeness (QED) is 0.870. The lowest BCUT2D eigenvalue weighted by Gasteiger charge is -2.21. The molecule has 18 heavy (non-hydrogen) atoms. The van der Waals surface area contributed by atoms with Crippen molar-refractivity contribution in [1.82, 2.24) is 5.32 Å². The van der Waals surface area contributed by atoms with Gasteiger partial charge in [0.25, 0.3) is 0 Å². The molecule has 1 fully saturated rings. The van der Waals surface area contributed by atoms with E-state index in [1.54, 1.807) is 7.11 Å². The Morgan fingerprint density at radius 1 is 1.39 bits per heavy atom. The molecule has 0 bridgehead atoms. The van der Waals surface area contributed by atoms with Gasteiger partial charge >= 0.3 is 0 Å². The van der Waals surface area contributed by atoms with Gasteiger partial charge in [-0.15, -0.1) is 0 Å². The molecule has 0 unspecified atom stereocenters. The minimum absolute atomic E-state index is 0.566. The van der Waals surface area contributed by atoms with Crippen molar-refractivity contribution in [3.63, 3.8) is 0 Å². The van der Waals surface area contributed by atoms with E-state index in [1.807, 2.05) is 18.2 Å². The maximum absolute atomic E-state index is 6.03. The summed E-state index contributed by atoms with van der Waals surface area (Å²) in [5.41, 5.74) is 1.13. The van der Waals surface area contributed by atoms with Crippen LogP contribution in [0.25, 0.3) is 0 Å². The van der Waals surface area contributed by atoms with Crippen LogP contribution < -0.4 is 10.1 Å². The molecule has 2 rings (SSSR count). The number of rotatable bonds is 5. The van der Waals surface area contributed by atoms with E-state index >= 15 is 0 Å². The Balaban J connectivity index is 1.94. The van der Waals surface area contributed by atoms with Crippen LogP contribution in [-0.4, -0.2) is 13.2 Å². The molecule has 2 nitrogen and oxygen atoms in total. The standard InChI is InChI=1S/C15H22ClNO/c1-11(12-5-3-4-6-12)17-10-13-9-14(16)7-8-15(13)18-2/h7-9,11-12,17H,3-6,10H2,1-2H3/t11-/m1/s1. The van der Waals surface area contributed by atoms with Crippen molar-refractivity contribution in [3.8, 4) is 5.75 Å². The minimum Gasteiger partial charge on any atom is -0.496 e. The van der Waals surface area contributed by atoms with E-state index in [0.717, 1.165) is 28.8 Å². The van der Waals surface area contributed by atoms with Gasteiger partial charge in [-0.3, -0.25) is 0 Å². The average molecular weight is 268 g/mol. The van der Waals surface area contributed by atoms with E-state index in [-0.39, 0.29) is 0 Å². The molecule has 1 atom stereocenters. The fourth-order valence-electron chi connectivity index (χ4n) is 2.78. The van der Waals surface area contributed by atoms with Gasteiger partial charge in [-0.1, -0.05) is 24.4 Å². The molecule has 0 radical (unpaired) electrons. The third kappa shape index (κ3) is 3.39. The van der Waals surface area contributed by atoms with Crippen LogP contribution in [0.3, 0.4) is 0 Å². The van der Waals surface area contributed by atoms with Gasteiger partial charge in [0, 0.05) is 23.2 Å². The van der Waals surface area contributed by atoms with E-state index < -0.39 is 0 Å². The number of nitrogens with one attached hydrogen (secondary N) is 1. The number of halogens is 1. The van der Waals surface area contributed by atoms with Crippen molar-refractivity contribution < 1.29 is 4.74 Å². The predicted molar refractivity (Wildman–Crippen MR) is 76.3 cm³/mol. The Bertz CT molecular complexity index is 388. The van der Waals surface area contributed by atoms with Crippen LogP contribution in [0.15, 0.2) is 18.2 Å². The zero-order valence-electron chi connectivity index (χ0n) is 11.2. The van der Waals surface area contributed by atoms with Gasteiger partial charge in [0.1, 0.15) is 5.75 Å². The van der Waals surface area contributed by atoms with Crippen LogP contribution in [0, 0.1) is 5.92 Å². The van der Waals surface area contributed by atoms with Crippen molar-refractivity contribution >= 4 is 11.6 Å². The molecule has 0 heterocycles. The van der Waals surface area contributed by atoms with Crippen LogP contribution in [0.1, 0.15) is 38.2 Å². The summed E-state index contributed by atoms with van der Waals surface area (Å²) in [5.74, 6) is 1.74. The van der Waals surface area contributed by atoms with Gasteiger partial charge in [-0.05, 0) is 43.9 Å². The molecule has 1 aromatic carbocycles. The second-order valence-corrected chi connectivity index (χ2v) is 5.61. The first-order valence-corrected chi connectivity index (χ1v) is 7.14. The normalized spacial score (nSPS) is 17.9.